The lowest BCUT2D eigenvalue weighted by Crippen LogP contribution is -2.37. The van der Waals surface area contributed by atoms with E-state index in [4.69, 9.17) is 0 Å². The number of nitrogens with zero attached hydrogens (tertiary/aromatic N) is 3. The Morgan fingerprint density at radius 3 is 3.00 bits per heavy atom. The Morgan fingerprint density at radius 1 is 1.48 bits per heavy atom. The molecule has 0 aromatic carbocycles. The fraction of sp³-hybridized carbons (Fsp3) is 0.600. The molecule has 0 spiro atoms. The Bertz CT molecular complexity index is 548. The molecule has 1 aliphatic carbocycles. The van der Waals surface area contributed by atoms with Crippen molar-refractivity contribution in [3.63, 3.8) is 0 Å². The van der Waals surface area contributed by atoms with Gasteiger partial charge in [0.25, 0.3) is 0 Å². The maximum Gasteiger partial charge on any atom is 0.311 e. The summed E-state index contributed by atoms with van der Waals surface area (Å²) in [5.41, 5.74) is 0.149. The van der Waals surface area contributed by atoms with E-state index in [2.05, 4.69) is 9.97 Å². The molecule has 2 atom stereocenters. The highest BCUT2D eigenvalue weighted by atomic mass is 16.4. The molecule has 6 nitrogen and oxygen atoms in total. The van der Waals surface area contributed by atoms with Gasteiger partial charge in [-0.05, 0) is 31.2 Å². The molecule has 1 N–H and O–H groups in total. The van der Waals surface area contributed by atoms with Crippen molar-refractivity contribution in [3.8, 4) is 0 Å². The minimum atomic E-state index is -0.740. The Labute approximate surface area is 123 Å². The van der Waals surface area contributed by atoms with Crippen molar-refractivity contribution in [2.24, 2.45) is 11.3 Å². The van der Waals surface area contributed by atoms with Gasteiger partial charge in [0.2, 0.25) is 5.91 Å². The van der Waals surface area contributed by atoms with Crippen LogP contribution in [0.2, 0.25) is 0 Å². The summed E-state index contributed by atoms with van der Waals surface area (Å²) in [7, 11) is 0. The summed E-state index contributed by atoms with van der Waals surface area (Å²) < 4.78 is 0. The lowest BCUT2D eigenvalue weighted by molar-refractivity contribution is -0.149. The van der Waals surface area contributed by atoms with Crippen LogP contribution in [0.5, 0.6) is 0 Å². The van der Waals surface area contributed by atoms with Gasteiger partial charge < -0.3 is 10.0 Å². The number of carboxylic acids is 1. The molecule has 2 aliphatic rings. The fourth-order valence-corrected chi connectivity index (χ4v) is 3.69. The van der Waals surface area contributed by atoms with Crippen LogP contribution < -0.4 is 0 Å². The van der Waals surface area contributed by atoms with Gasteiger partial charge in [-0.2, -0.15) is 0 Å². The number of likely N-dealkylation sites (tertiary alicyclic amines) is 1. The van der Waals surface area contributed by atoms with Crippen LogP contribution in [0.15, 0.2) is 18.6 Å². The molecule has 6 heteroatoms. The minimum absolute atomic E-state index is 0.0311. The van der Waals surface area contributed by atoms with Gasteiger partial charge in [-0.15, -0.1) is 0 Å². The molecule has 1 saturated heterocycles. The van der Waals surface area contributed by atoms with E-state index in [-0.39, 0.29) is 11.8 Å². The quantitative estimate of drug-likeness (QED) is 0.898. The molecule has 112 valence electrons. The summed E-state index contributed by atoms with van der Waals surface area (Å²) in [6.45, 7) is 0.963. The Kier molecular flexibility index (Phi) is 3.61. The number of rotatable bonds is 4. The van der Waals surface area contributed by atoms with Gasteiger partial charge in [-0.25, -0.2) is 9.97 Å². The van der Waals surface area contributed by atoms with E-state index < -0.39 is 11.4 Å². The summed E-state index contributed by atoms with van der Waals surface area (Å²) in [4.78, 5) is 33.6. The van der Waals surface area contributed by atoms with Gasteiger partial charge in [-0.3, -0.25) is 9.59 Å². The van der Waals surface area contributed by atoms with Crippen LogP contribution in [0.1, 0.15) is 31.4 Å². The first-order valence-electron chi connectivity index (χ1n) is 7.38. The molecule has 1 aromatic heterocycles. The number of hydrogen-bond acceptors (Lipinski definition) is 4. The van der Waals surface area contributed by atoms with Crippen molar-refractivity contribution in [3.05, 3.63) is 24.3 Å². The van der Waals surface area contributed by atoms with Gasteiger partial charge in [0, 0.05) is 31.4 Å². The van der Waals surface area contributed by atoms with Crippen molar-refractivity contribution in [2.75, 3.05) is 13.1 Å². The molecule has 1 aromatic rings. The number of carboxylic acid groups (broad SMARTS) is 1. The van der Waals surface area contributed by atoms with Crippen molar-refractivity contribution >= 4 is 11.9 Å². The predicted octanol–water partition coefficient (Wildman–Crippen LogP) is 1.12. The van der Waals surface area contributed by atoms with E-state index in [0.29, 0.717) is 32.4 Å². The lowest BCUT2D eigenvalue weighted by Gasteiger charge is -2.23. The summed E-state index contributed by atoms with van der Waals surface area (Å²) in [5.74, 6) is -0.585. The Hall–Kier alpha value is -1.98. The van der Waals surface area contributed by atoms with Crippen LogP contribution >= 0.6 is 0 Å². The van der Waals surface area contributed by atoms with Gasteiger partial charge >= 0.3 is 5.97 Å². The maximum atomic E-state index is 12.3. The van der Waals surface area contributed by atoms with Gasteiger partial charge in [0.15, 0.2) is 0 Å². The summed E-state index contributed by atoms with van der Waals surface area (Å²) >= 11 is 0. The largest absolute Gasteiger partial charge is 0.481 e. The van der Waals surface area contributed by atoms with Crippen LogP contribution in [0.4, 0.5) is 0 Å². The van der Waals surface area contributed by atoms with Gasteiger partial charge in [0.05, 0.1) is 5.41 Å². The molecule has 0 unspecified atom stereocenters. The van der Waals surface area contributed by atoms with Gasteiger partial charge in [0.1, 0.15) is 6.33 Å². The van der Waals surface area contributed by atoms with E-state index >= 15 is 0 Å². The zero-order valence-corrected chi connectivity index (χ0v) is 11.9. The molecule has 3 rings (SSSR count). The average Bonchev–Trinajstić information content (AvgIpc) is 3.03. The second-order valence-electron chi connectivity index (χ2n) is 6.03. The molecule has 21 heavy (non-hydrogen) atoms. The second-order valence-corrected chi connectivity index (χ2v) is 6.03. The van der Waals surface area contributed by atoms with Crippen LogP contribution in [0, 0.1) is 11.3 Å². The van der Waals surface area contributed by atoms with Crippen LogP contribution in [0.25, 0.3) is 0 Å². The zero-order chi connectivity index (χ0) is 14.9. The monoisotopic (exact) mass is 289 g/mol. The average molecular weight is 289 g/mol. The minimum Gasteiger partial charge on any atom is -0.481 e. The van der Waals surface area contributed by atoms with Crippen molar-refractivity contribution in [2.45, 2.75) is 32.1 Å². The Balaban J connectivity index is 1.61. The molecular formula is C15H19N3O3. The number of amides is 1. The van der Waals surface area contributed by atoms with Crippen molar-refractivity contribution in [1.82, 2.24) is 14.9 Å². The molecule has 2 fully saturated rings. The van der Waals surface area contributed by atoms with Crippen molar-refractivity contribution < 1.29 is 14.7 Å². The summed E-state index contributed by atoms with van der Waals surface area (Å²) in [6.07, 6.45) is 6.65. The number of aryl methyl sites for hydroxylation is 1. The van der Waals surface area contributed by atoms with Gasteiger partial charge in [-0.1, -0.05) is 6.42 Å². The molecule has 0 bridgehead atoms. The van der Waals surface area contributed by atoms with Crippen LogP contribution in [0.3, 0.4) is 0 Å². The highest BCUT2D eigenvalue weighted by Crippen LogP contribution is 2.48. The highest BCUT2D eigenvalue weighted by molar-refractivity contribution is 5.81. The topological polar surface area (TPSA) is 83.4 Å². The molecule has 1 aliphatic heterocycles. The number of aromatic nitrogens is 2. The smallest absolute Gasteiger partial charge is 0.311 e. The summed E-state index contributed by atoms with van der Waals surface area (Å²) in [5, 5.41) is 9.53. The number of carbonyl (C=O) groups excluding carboxylic acids is 1. The summed E-state index contributed by atoms with van der Waals surface area (Å²) in [6, 6.07) is 1.80. The van der Waals surface area contributed by atoms with E-state index in [9.17, 15) is 14.7 Å². The van der Waals surface area contributed by atoms with E-state index in [0.717, 1.165) is 18.5 Å². The highest BCUT2D eigenvalue weighted by Gasteiger charge is 2.55. The van der Waals surface area contributed by atoms with E-state index in [1.165, 1.54) is 6.33 Å². The molecule has 2 heterocycles. The van der Waals surface area contributed by atoms with Crippen LogP contribution in [-0.4, -0.2) is 44.9 Å². The third-order valence-corrected chi connectivity index (χ3v) is 4.89. The second kappa shape index (κ2) is 5.42. The first-order chi connectivity index (χ1) is 10.1. The van der Waals surface area contributed by atoms with E-state index in [1.807, 2.05) is 0 Å². The van der Waals surface area contributed by atoms with E-state index in [1.54, 1.807) is 17.2 Å². The zero-order valence-electron chi connectivity index (χ0n) is 11.9. The third kappa shape index (κ3) is 2.50. The molecular weight excluding hydrogens is 270 g/mol. The number of hydrogen-bond donors (Lipinski definition) is 1. The predicted molar refractivity (Wildman–Crippen MR) is 74.3 cm³/mol. The third-order valence-electron chi connectivity index (χ3n) is 4.89. The SMILES string of the molecule is O=C(CCc1ccncn1)N1C[C@@H]2CCC[C@]2(C(=O)O)C1. The normalized spacial score (nSPS) is 27.6. The number of aliphatic carboxylic acids is 1. The maximum absolute atomic E-state index is 12.3. The number of carbonyl (C=O) groups is 2. The first kappa shape index (κ1) is 14.0. The Morgan fingerprint density at radius 2 is 2.33 bits per heavy atom. The fourth-order valence-electron chi connectivity index (χ4n) is 3.69. The van der Waals surface area contributed by atoms with Crippen LogP contribution in [-0.2, 0) is 16.0 Å². The first-order valence-corrected chi connectivity index (χ1v) is 7.38. The lowest BCUT2D eigenvalue weighted by atomic mass is 9.81. The van der Waals surface area contributed by atoms with Crippen molar-refractivity contribution in [1.29, 1.82) is 0 Å². The number of fused-ring (bicyclic) bond motifs is 1. The molecule has 1 saturated carbocycles. The molecule has 1 amide bonds. The standard InChI is InChI=1S/C15H19N3O3/c19-13(4-3-12-5-7-16-10-17-12)18-8-11-2-1-6-15(11,9-18)14(20)21/h5,7,10-11H,1-4,6,8-9H2,(H,20,21)/t11-,15-/m0/s1. The molecule has 0 radical (unpaired) electrons.